The summed E-state index contributed by atoms with van der Waals surface area (Å²) >= 11 is 1.53. The van der Waals surface area contributed by atoms with Crippen LogP contribution in [0.5, 0.6) is 0 Å². The molecule has 0 spiro atoms. The Morgan fingerprint density at radius 2 is 2.03 bits per heavy atom. The molecule has 2 aromatic heterocycles. The van der Waals surface area contributed by atoms with Crippen molar-refractivity contribution in [2.24, 2.45) is 0 Å². The van der Waals surface area contributed by atoms with Crippen molar-refractivity contribution in [2.75, 3.05) is 20.8 Å². The van der Waals surface area contributed by atoms with Crippen LogP contribution in [0.1, 0.15) is 40.5 Å². The quantitative estimate of drug-likeness (QED) is 0.466. The number of nitrogens with one attached hydrogen (secondary N) is 1. The largest absolute Gasteiger partial charge is 0.467 e. The van der Waals surface area contributed by atoms with Gasteiger partial charge in [0.2, 0.25) is 0 Å². The van der Waals surface area contributed by atoms with Gasteiger partial charge in [-0.3, -0.25) is 9.36 Å². The first-order valence-corrected chi connectivity index (χ1v) is 10.6. The van der Waals surface area contributed by atoms with Crippen LogP contribution in [-0.4, -0.2) is 41.5 Å². The Bertz CT molecular complexity index is 942. The van der Waals surface area contributed by atoms with E-state index in [0.717, 1.165) is 16.5 Å². The number of ether oxygens (including phenoxy) is 2. The molecule has 1 atom stereocenters. The molecule has 1 aromatic carbocycles. The van der Waals surface area contributed by atoms with Crippen molar-refractivity contribution in [2.45, 2.75) is 37.0 Å². The van der Waals surface area contributed by atoms with Gasteiger partial charge < -0.3 is 19.2 Å². The highest BCUT2D eigenvalue weighted by Gasteiger charge is 2.19. The summed E-state index contributed by atoms with van der Waals surface area (Å²) in [6, 6.07) is 11.2. The van der Waals surface area contributed by atoms with Crippen molar-refractivity contribution < 1.29 is 18.7 Å². The third kappa shape index (κ3) is 5.50. The molecule has 9 heteroatoms. The molecule has 8 nitrogen and oxygen atoms in total. The maximum absolute atomic E-state index is 12.7. The SMILES string of the molecule is COCc1nnc(SCc2ccccc2C(=O)NCc2ccco2)n1[C@@H](C)COC. The van der Waals surface area contributed by atoms with Gasteiger partial charge in [0.1, 0.15) is 12.4 Å². The number of methoxy groups -OCH3 is 2. The zero-order chi connectivity index (χ0) is 21.3. The lowest BCUT2D eigenvalue weighted by Gasteiger charge is -2.17. The number of hydrogen-bond acceptors (Lipinski definition) is 7. The third-order valence-electron chi connectivity index (χ3n) is 4.48. The van der Waals surface area contributed by atoms with Crippen molar-refractivity contribution in [1.82, 2.24) is 20.1 Å². The molecule has 3 aromatic rings. The Kier molecular flexibility index (Phi) is 8.06. The summed E-state index contributed by atoms with van der Waals surface area (Å²) in [6.07, 6.45) is 1.59. The predicted octanol–water partition coefficient (Wildman–Crippen LogP) is 3.45. The molecule has 0 bridgehead atoms. The van der Waals surface area contributed by atoms with Crippen molar-refractivity contribution in [3.05, 3.63) is 65.4 Å². The number of nitrogens with zero attached hydrogens (tertiary/aromatic N) is 3. The topological polar surface area (TPSA) is 91.4 Å². The summed E-state index contributed by atoms with van der Waals surface area (Å²) in [6.45, 7) is 3.30. The average Bonchev–Trinajstić information content (AvgIpc) is 3.41. The number of carbonyl (C=O) groups excluding carboxylic acids is 1. The molecule has 0 aliphatic carbocycles. The smallest absolute Gasteiger partial charge is 0.251 e. The Hall–Kier alpha value is -2.62. The fourth-order valence-corrected chi connectivity index (χ4v) is 4.14. The number of benzene rings is 1. The van der Waals surface area contributed by atoms with Gasteiger partial charge in [-0.15, -0.1) is 10.2 Å². The number of hydrogen-bond donors (Lipinski definition) is 1. The normalized spacial score (nSPS) is 12.1. The number of carbonyl (C=O) groups is 1. The highest BCUT2D eigenvalue weighted by atomic mass is 32.2. The van der Waals surface area contributed by atoms with E-state index in [4.69, 9.17) is 13.9 Å². The third-order valence-corrected chi connectivity index (χ3v) is 5.47. The van der Waals surface area contributed by atoms with E-state index in [0.29, 0.717) is 36.8 Å². The molecule has 30 heavy (non-hydrogen) atoms. The second-order valence-electron chi connectivity index (χ2n) is 6.71. The van der Waals surface area contributed by atoms with Crippen LogP contribution in [0.2, 0.25) is 0 Å². The predicted molar refractivity (Wildman–Crippen MR) is 113 cm³/mol. The molecule has 0 aliphatic heterocycles. The number of thioether (sulfide) groups is 1. The van der Waals surface area contributed by atoms with Gasteiger partial charge in [-0.25, -0.2) is 0 Å². The summed E-state index contributed by atoms with van der Waals surface area (Å²) < 4.78 is 17.8. The standard InChI is InChI=1S/C21H26N4O4S/c1-15(12-27-2)25-19(13-28-3)23-24-21(25)30-14-16-7-4-5-9-18(16)20(26)22-11-17-8-6-10-29-17/h4-10,15H,11-14H2,1-3H3,(H,22,26)/t15-/m0/s1. The summed E-state index contributed by atoms with van der Waals surface area (Å²) in [5, 5.41) is 12.2. The number of rotatable bonds is 11. The summed E-state index contributed by atoms with van der Waals surface area (Å²) in [7, 11) is 3.30. The Balaban J connectivity index is 1.72. The monoisotopic (exact) mass is 430 g/mol. The molecular weight excluding hydrogens is 404 g/mol. The molecule has 1 N–H and O–H groups in total. The van der Waals surface area contributed by atoms with Gasteiger partial charge in [0, 0.05) is 25.5 Å². The Labute approximate surface area is 180 Å². The first-order valence-electron chi connectivity index (χ1n) is 9.57. The molecule has 2 heterocycles. The van der Waals surface area contributed by atoms with E-state index in [9.17, 15) is 4.79 Å². The van der Waals surface area contributed by atoms with Gasteiger partial charge in [-0.2, -0.15) is 0 Å². The molecule has 0 radical (unpaired) electrons. The lowest BCUT2D eigenvalue weighted by atomic mass is 10.1. The molecule has 0 saturated carbocycles. The zero-order valence-corrected chi connectivity index (χ0v) is 18.1. The minimum absolute atomic E-state index is 0.0597. The van der Waals surface area contributed by atoms with Crippen LogP contribution in [0.15, 0.2) is 52.2 Å². The van der Waals surface area contributed by atoms with Gasteiger partial charge in [-0.05, 0) is 30.7 Å². The van der Waals surface area contributed by atoms with E-state index >= 15 is 0 Å². The molecule has 0 saturated heterocycles. The van der Waals surface area contributed by atoms with Crippen LogP contribution in [-0.2, 0) is 28.4 Å². The molecule has 0 unspecified atom stereocenters. The van der Waals surface area contributed by atoms with Crippen LogP contribution < -0.4 is 5.32 Å². The van der Waals surface area contributed by atoms with E-state index in [1.807, 2.05) is 41.8 Å². The van der Waals surface area contributed by atoms with Crippen molar-refractivity contribution >= 4 is 17.7 Å². The lowest BCUT2D eigenvalue weighted by molar-refractivity contribution is 0.0947. The lowest BCUT2D eigenvalue weighted by Crippen LogP contribution is -2.23. The molecular formula is C21H26N4O4S. The van der Waals surface area contributed by atoms with Gasteiger partial charge in [0.25, 0.3) is 5.91 Å². The van der Waals surface area contributed by atoms with E-state index in [1.54, 1.807) is 26.5 Å². The Morgan fingerprint density at radius 1 is 1.20 bits per heavy atom. The fourth-order valence-electron chi connectivity index (χ4n) is 3.08. The average molecular weight is 431 g/mol. The van der Waals surface area contributed by atoms with Crippen LogP contribution in [0.4, 0.5) is 0 Å². The summed E-state index contributed by atoms with van der Waals surface area (Å²) in [4.78, 5) is 12.7. The van der Waals surface area contributed by atoms with Crippen LogP contribution in [0.25, 0.3) is 0 Å². The van der Waals surface area contributed by atoms with Crippen LogP contribution >= 0.6 is 11.8 Å². The van der Waals surface area contributed by atoms with E-state index < -0.39 is 0 Å². The first kappa shape index (κ1) is 22.1. The first-order chi connectivity index (χ1) is 14.6. The maximum atomic E-state index is 12.7. The molecule has 3 rings (SSSR count). The second kappa shape index (κ2) is 11.0. The minimum atomic E-state index is -0.142. The number of furan rings is 1. The zero-order valence-electron chi connectivity index (χ0n) is 17.3. The molecule has 1 amide bonds. The van der Waals surface area contributed by atoms with E-state index in [1.165, 1.54) is 11.8 Å². The maximum Gasteiger partial charge on any atom is 0.251 e. The van der Waals surface area contributed by atoms with Gasteiger partial charge in [0.15, 0.2) is 11.0 Å². The molecule has 160 valence electrons. The van der Waals surface area contributed by atoms with Gasteiger partial charge in [-0.1, -0.05) is 30.0 Å². The van der Waals surface area contributed by atoms with E-state index in [-0.39, 0.29) is 11.9 Å². The summed E-state index contributed by atoms with van der Waals surface area (Å²) in [5.41, 5.74) is 1.55. The summed E-state index contributed by atoms with van der Waals surface area (Å²) in [5.74, 6) is 1.89. The minimum Gasteiger partial charge on any atom is -0.467 e. The Morgan fingerprint density at radius 3 is 2.77 bits per heavy atom. The fraction of sp³-hybridized carbons (Fsp3) is 0.381. The van der Waals surface area contributed by atoms with Crippen molar-refractivity contribution in [1.29, 1.82) is 0 Å². The number of aromatic nitrogens is 3. The van der Waals surface area contributed by atoms with Crippen LogP contribution in [0, 0.1) is 0 Å². The van der Waals surface area contributed by atoms with Crippen LogP contribution in [0.3, 0.4) is 0 Å². The molecule has 0 fully saturated rings. The second-order valence-corrected chi connectivity index (χ2v) is 7.66. The number of amides is 1. The van der Waals surface area contributed by atoms with E-state index in [2.05, 4.69) is 15.5 Å². The molecule has 0 aliphatic rings. The van der Waals surface area contributed by atoms with Gasteiger partial charge >= 0.3 is 0 Å². The van der Waals surface area contributed by atoms with Gasteiger partial charge in [0.05, 0.1) is 25.5 Å². The highest BCUT2D eigenvalue weighted by molar-refractivity contribution is 7.98. The van der Waals surface area contributed by atoms with Crippen molar-refractivity contribution in [3.8, 4) is 0 Å². The highest BCUT2D eigenvalue weighted by Crippen LogP contribution is 2.27. The van der Waals surface area contributed by atoms with Crippen molar-refractivity contribution in [3.63, 3.8) is 0 Å².